The SMILES string of the molecule is CC(=O)C1=C(C)Nc2nc(C)nn2C1c1ccc2c(c1)OCCCO2. The molecule has 1 aromatic heterocycles. The molecule has 1 N–H and O–H groups in total. The van der Waals surface area contributed by atoms with Gasteiger partial charge in [0.05, 0.1) is 13.2 Å². The van der Waals surface area contributed by atoms with Gasteiger partial charge in [-0.3, -0.25) is 4.79 Å². The highest BCUT2D eigenvalue weighted by molar-refractivity contribution is 5.96. The van der Waals surface area contributed by atoms with Crippen LogP contribution in [0.25, 0.3) is 0 Å². The number of carbonyl (C=O) groups is 1. The van der Waals surface area contributed by atoms with Gasteiger partial charge in [0, 0.05) is 17.7 Å². The van der Waals surface area contributed by atoms with Crippen LogP contribution in [-0.2, 0) is 4.79 Å². The van der Waals surface area contributed by atoms with E-state index in [1.165, 1.54) is 0 Å². The number of carbonyl (C=O) groups excluding carboxylic acids is 1. The Labute approximate surface area is 145 Å². The minimum atomic E-state index is -0.341. The molecule has 4 rings (SSSR count). The van der Waals surface area contributed by atoms with Crippen LogP contribution in [0.3, 0.4) is 0 Å². The summed E-state index contributed by atoms with van der Waals surface area (Å²) < 4.78 is 13.3. The van der Waals surface area contributed by atoms with Crippen LogP contribution < -0.4 is 14.8 Å². The van der Waals surface area contributed by atoms with Crippen molar-refractivity contribution in [1.29, 1.82) is 0 Å². The topological polar surface area (TPSA) is 78.3 Å². The van der Waals surface area contributed by atoms with Gasteiger partial charge < -0.3 is 14.8 Å². The number of aromatic nitrogens is 3. The van der Waals surface area contributed by atoms with Gasteiger partial charge in [-0.15, -0.1) is 0 Å². The Balaban J connectivity index is 1.86. The smallest absolute Gasteiger partial charge is 0.226 e. The van der Waals surface area contributed by atoms with E-state index in [0.717, 1.165) is 23.4 Å². The van der Waals surface area contributed by atoms with Crippen LogP contribution in [0.4, 0.5) is 5.95 Å². The van der Waals surface area contributed by atoms with Crippen LogP contribution in [0.15, 0.2) is 29.5 Å². The molecule has 130 valence electrons. The predicted octanol–water partition coefficient (Wildman–Crippen LogP) is 2.63. The molecule has 0 aliphatic carbocycles. The van der Waals surface area contributed by atoms with Gasteiger partial charge in [0.25, 0.3) is 0 Å². The molecule has 2 aliphatic heterocycles. The fourth-order valence-electron chi connectivity index (χ4n) is 3.37. The van der Waals surface area contributed by atoms with Crippen molar-refractivity contribution in [2.45, 2.75) is 33.2 Å². The maximum Gasteiger partial charge on any atom is 0.226 e. The Morgan fingerprint density at radius 2 is 2.00 bits per heavy atom. The highest BCUT2D eigenvalue weighted by Gasteiger charge is 2.32. The lowest BCUT2D eigenvalue weighted by atomic mass is 9.93. The van der Waals surface area contributed by atoms with E-state index < -0.39 is 0 Å². The Morgan fingerprint density at radius 3 is 2.76 bits per heavy atom. The van der Waals surface area contributed by atoms with Crippen molar-refractivity contribution in [1.82, 2.24) is 14.8 Å². The molecule has 2 aromatic rings. The van der Waals surface area contributed by atoms with Crippen molar-refractivity contribution in [3.8, 4) is 11.5 Å². The van der Waals surface area contributed by atoms with Crippen LogP contribution in [0, 0.1) is 6.92 Å². The molecule has 1 atom stereocenters. The summed E-state index contributed by atoms with van der Waals surface area (Å²) in [4.78, 5) is 16.8. The maximum absolute atomic E-state index is 12.3. The summed E-state index contributed by atoms with van der Waals surface area (Å²) in [6.07, 6.45) is 0.849. The largest absolute Gasteiger partial charge is 0.490 e. The monoisotopic (exact) mass is 340 g/mol. The second kappa shape index (κ2) is 5.91. The van der Waals surface area contributed by atoms with E-state index in [4.69, 9.17) is 9.47 Å². The number of fused-ring (bicyclic) bond motifs is 2. The zero-order chi connectivity index (χ0) is 17.6. The predicted molar refractivity (Wildman–Crippen MR) is 92.0 cm³/mol. The standard InChI is InChI=1S/C18H20N4O3/c1-10-16(11(2)23)17(22-18(19-10)20-12(3)21-22)13-5-6-14-15(9-13)25-8-4-7-24-14/h5-6,9,17H,4,7-8H2,1-3H3,(H,19,20,21). The first-order chi connectivity index (χ1) is 12.0. The molecule has 7 heteroatoms. The van der Waals surface area contributed by atoms with E-state index in [9.17, 15) is 4.79 Å². The van der Waals surface area contributed by atoms with Crippen molar-refractivity contribution in [3.63, 3.8) is 0 Å². The van der Waals surface area contributed by atoms with Crippen LogP contribution in [0.5, 0.6) is 11.5 Å². The fourth-order valence-corrected chi connectivity index (χ4v) is 3.37. The van der Waals surface area contributed by atoms with Crippen molar-refractivity contribution >= 4 is 11.7 Å². The van der Waals surface area contributed by atoms with E-state index in [2.05, 4.69) is 15.4 Å². The van der Waals surface area contributed by atoms with E-state index in [0.29, 0.717) is 36.3 Å². The Hall–Kier alpha value is -2.83. The van der Waals surface area contributed by atoms with Gasteiger partial charge in [-0.1, -0.05) is 6.07 Å². The van der Waals surface area contributed by atoms with Gasteiger partial charge in [-0.05, 0) is 38.5 Å². The van der Waals surface area contributed by atoms with E-state index in [-0.39, 0.29) is 11.8 Å². The summed E-state index contributed by atoms with van der Waals surface area (Å²) in [6.45, 7) is 6.56. The maximum atomic E-state index is 12.3. The minimum Gasteiger partial charge on any atom is -0.490 e. The summed E-state index contributed by atoms with van der Waals surface area (Å²) in [6, 6.07) is 5.45. The lowest BCUT2D eigenvalue weighted by molar-refractivity contribution is -0.114. The summed E-state index contributed by atoms with van der Waals surface area (Å²) in [5.41, 5.74) is 2.39. The molecule has 0 fully saturated rings. The molecule has 0 amide bonds. The number of nitrogens with zero attached hydrogens (tertiary/aromatic N) is 3. The van der Waals surface area contributed by atoms with Gasteiger partial charge in [0.1, 0.15) is 11.9 Å². The van der Waals surface area contributed by atoms with Crippen LogP contribution >= 0.6 is 0 Å². The highest BCUT2D eigenvalue weighted by atomic mass is 16.5. The van der Waals surface area contributed by atoms with Crippen LogP contribution in [-0.4, -0.2) is 33.8 Å². The molecule has 1 unspecified atom stereocenters. The highest BCUT2D eigenvalue weighted by Crippen LogP contribution is 2.39. The molecule has 0 saturated heterocycles. The van der Waals surface area contributed by atoms with Crippen LogP contribution in [0.1, 0.15) is 37.7 Å². The molecule has 0 radical (unpaired) electrons. The summed E-state index contributed by atoms with van der Waals surface area (Å²) in [5, 5.41) is 7.67. The third kappa shape index (κ3) is 2.65. The average molecular weight is 340 g/mol. The average Bonchev–Trinajstić information content (AvgIpc) is 2.79. The van der Waals surface area contributed by atoms with Gasteiger partial charge >= 0.3 is 0 Å². The first-order valence-corrected chi connectivity index (χ1v) is 8.36. The molecule has 25 heavy (non-hydrogen) atoms. The summed E-state index contributed by atoms with van der Waals surface area (Å²) >= 11 is 0. The second-order valence-electron chi connectivity index (χ2n) is 6.31. The molecule has 0 saturated carbocycles. The normalized spacial score (nSPS) is 19.1. The fraction of sp³-hybridized carbons (Fsp3) is 0.389. The lowest BCUT2D eigenvalue weighted by Gasteiger charge is -2.28. The summed E-state index contributed by atoms with van der Waals surface area (Å²) in [5.74, 6) is 2.72. The molecule has 2 aliphatic rings. The Bertz CT molecular complexity index is 884. The van der Waals surface area contributed by atoms with Crippen LogP contribution in [0.2, 0.25) is 0 Å². The van der Waals surface area contributed by atoms with E-state index in [1.807, 2.05) is 32.0 Å². The van der Waals surface area contributed by atoms with Crippen molar-refractivity contribution < 1.29 is 14.3 Å². The molecule has 1 aromatic carbocycles. The number of benzene rings is 1. The van der Waals surface area contributed by atoms with E-state index >= 15 is 0 Å². The van der Waals surface area contributed by atoms with Crippen molar-refractivity contribution in [2.24, 2.45) is 0 Å². The number of hydrogen-bond acceptors (Lipinski definition) is 6. The molecular weight excluding hydrogens is 320 g/mol. The van der Waals surface area contributed by atoms with Crippen molar-refractivity contribution in [3.05, 3.63) is 40.9 Å². The van der Waals surface area contributed by atoms with Crippen molar-refractivity contribution in [2.75, 3.05) is 18.5 Å². The zero-order valence-corrected chi connectivity index (χ0v) is 14.5. The lowest BCUT2D eigenvalue weighted by Crippen LogP contribution is -2.27. The quantitative estimate of drug-likeness (QED) is 0.905. The second-order valence-corrected chi connectivity index (χ2v) is 6.31. The number of hydrogen-bond donors (Lipinski definition) is 1. The molecule has 0 spiro atoms. The number of nitrogens with one attached hydrogen (secondary N) is 1. The molecule has 0 bridgehead atoms. The molecule has 3 heterocycles. The van der Waals surface area contributed by atoms with E-state index in [1.54, 1.807) is 11.6 Å². The zero-order valence-electron chi connectivity index (χ0n) is 14.5. The molecular formula is C18H20N4O3. The Morgan fingerprint density at radius 1 is 1.24 bits per heavy atom. The van der Waals surface area contributed by atoms with Gasteiger partial charge in [-0.25, -0.2) is 4.68 Å². The number of ketones is 1. The third-order valence-electron chi connectivity index (χ3n) is 4.43. The number of rotatable bonds is 2. The first kappa shape index (κ1) is 15.7. The number of anilines is 1. The molecule has 7 nitrogen and oxygen atoms in total. The van der Waals surface area contributed by atoms with Gasteiger partial charge in [0.15, 0.2) is 17.3 Å². The minimum absolute atomic E-state index is 0.000847. The Kier molecular flexibility index (Phi) is 3.71. The number of Topliss-reactive ketones (excluding diaryl/α,β-unsaturated/α-hetero) is 1. The number of allylic oxidation sites excluding steroid dienone is 2. The first-order valence-electron chi connectivity index (χ1n) is 8.36. The number of ether oxygens (including phenoxy) is 2. The van der Waals surface area contributed by atoms with Gasteiger partial charge in [0.2, 0.25) is 5.95 Å². The number of aryl methyl sites for hydroxylation is 1. The summed E-state index contributed by atoms with van der Waals surface area (Å²) in [7, 11) is 0. The van der Waals surface area contributed by atoms with Gasteiger partial charge in [-0.2, -0.15) is 10.1 Å². The third-order valence-corrected chi connectivity index (χ3v) is 4.43.